The van der Waals surface area contributed by atoms with Gasteiger partial charge in [-0.15, -0.1) is 0 Å². The minimum Gasteiger partial charge on any atom is -0.394 e. The normalized spacial score (nSPS) is 32.7. The number of nitrogens with two attached hydrogens (primary N) is 1. The van der Waals surface area contributed by atoms with Gasteiger partial charge in [0.1, 0.15) is 29.5 Å². The number of ether oxygens (including phenoxy) is 2. The van der Waals surface area contributed by atoms with Crippen molar-refractivity contribution in [1.82, 2.24) is 19.5 Å². The van der Waals surface area contributed by atoms with Gasteiger partial charge in [0.2, 0.25) is 0 Å². The van der Waals surface area contributed by atoms with E-state index in [1.165, 1.54) is 0 Å². The van der Waals surface area contributed by atoms with Gasteiger partial charge in [0, 0.05) is 0 Å². The number of H-pyrrole nitrogens is 1. The van der Waals surface area contributed by atoms with Crippen LogP contribution in [-0.2, 0) is 9.47 Å². The first kappa shape index (κ1) is 11.3. The molecule has 0 unspecified atom stereocenters. The highest BCUT2D eigenvalue weighted by Gasteiger charge is 2.58. The summed E-state index contributed by atoms with van der Waals surface area (Å²) in [7, 11) is 0. The number of imidazole rings is 1. The summed E-state index contributed by atoms with van der Waals surface area (Å²) in [6.07, 6.45) is 0.871. The van der Waals surface area contributed by atoms with E-state index in [0.717, 1.165) is 0 Å². The Kier molecular flexibility index (Phi) is 2.22. The highest BCUT2D eigenvalue weighted by Crippen LogP contribution is 2.45. The molecule has 2 aromatic rings. The molecule has 4 N–H and O–H groups in total. The fourth-order valence-electron chi connectivity index (χ4n) is 2.52. The third kappa shape index (κ3) is 1.53. The van der Waals surface area contributed by atoms with Gasteiger partial charge >= 0.3 is 0 Å². The number of hydrogen-bond donors (Lipinski definition) is 3. The molecule has 4 rings (SSSR count). The fraction of sp³-hybridized carbons (Fsp3) is 0.500. The van der Waals surface area contributed by atoms with E-state index in [-0.39, 0.29) is 37.1 Å². The number of hydrogen-bond acceptors (Lipinski definition) is 7. The van der Waals surface area contributed by atoms with Crippen molar-refractivity contribution < 1.29 is 14.6 Å². The molecule has 0 saturated carbocycles. The van der Waals surface area contributed by atoms with Gasteiger partial charge in [0.05, 0.1) is 12.9 Å². The van der Waals surface area contributed by atoms with E-state index in [1.807, 2.05) is 0 Å². The summed E-state index contributed by atoms with van der Waals surface area (Å²) in [5.41, 5.74) is 6.88. The molecule has 2 aliphatic rings. The number of aromatic amines is 1. The first-order valence-corrected chi connectivity index (χ1v) is 6.24. The third-order valence-electron chi connectivity index (χ3n) is 3.44. The topological polar surface area (TPSA) is 115 Å². The third-order valence-corrected chi connectivity index (χ3v) is 3.73. The van der Waals surface area contributed by atoms with Crippen LogP contribution >= 0.6 is 12.2 Å². The maximum Gasteiger partial charge on any atom is 0.200 e. The van der Waals surface area contributed by atoms with Crippen molar-refractivity contribution in [1.29, 1.82) is 0 Å². The summed E-state index contributed by atoms with van der Waals surface area (Å²) < 4.78 is 13.3. The fourth-order valence-corrected chi connectivity index (χ4v) is 2.76. The van der Waals surface area contributed by atoms with Crippen molar-refractivity contribution in [3.05, 3.63) is 11.0 Å². The Morgan fingerprint density at radius 1 is 1.47 bits per heavy atom. The van der Waals surface area contributed by atoms with Gasteiger partial charge in [-0.1, -0.05) is 12.2 Å². The van der Waals surface area contributed by atoms with Crippen LogP contribution < -0.4 is 5.73 Å². The van der Waals surface area contributed by atoms with E-state index in [9.17, 15) is 5.11 Å². The number of aliphatic hydroxyl groups is 1. The molecule has 8 nitrogen and oxygen atoms in total. The maximum atomic E-state index is 9.20. The molecule has 0 amide bonds. The van der Waals surface area contributed by atoms with E-state index in [2.05, 4.69) is 15.0 Å². The van der Waals surface area contributed by atoms with E-state index in [0.29, 0.717) is 15.8 Å². The van der Waals surface area contributed by atoms with E-state index in [4.69, 9.17) is 27.4 Å². The SMILES string of the molecule is Nc1nc(=S)c2ncn([C@@H]3O[C@@H](CO)[C@@H]4O[C@@H]43)c2[nH]1. The van der Waals surface area contributed by atoms with Gasteiger partial charge in [-0.25, -0.2) is 9.97 Å². The van der Waals surface area contributed by atoms with Crippen LogP contribution in [-0.4, -0.2) is 49.5 Å². The largest absolute Gasteiger partial charge is 0.394 e. The first-order valence-electron chi connectivity index (χ1n) is 5.83. The Labute approximate surface area is 112 Å². The van der Waals surface area contributed by atoms with Crippen LogP contribution in [0.1, 0.15) is 6.23 Å². The van der Waals surface area contributed by atoms with E-state index >= 15 is 0 Å². The van der Waals surface area contributed by atoms with Crippen LogP contribution in [0.4, 0.5) is 5.95 Å². The highest BCUT2D eigenvalue weighted by molar-refractivity contribution is 7.71. The molecule has 0 spiro atoms. The average Bonchev–Trinajstić information content (AvgIpc) is 2.91. The molecule has 100 valence electrons. The molecular formula is C10H11N5O3S. The quantitative estimate of drug-likeness (QED) is 0.512. The maximum absolute atomic E-state index is 9.20. The minimum absolute atomic E-state index is 0.0467. The van der Waals surface area contributed by atoms with E-state index < -0.39 is 0 Å². The number of nitrogens with zero attached hydrogens (tertiary/aromatic N) is 3. The highest BCUT2D eigenvalue weighted by atomic mass is 32.1. The van der Waals surface area contributed by atoms with Crippen LogP contribution in [0.25, 0.3) is 11.2 Å². The summed E-state index contributed by atoms with van der Waals surface area (Å²) in [6, 6.07) is 0. The lowest BCUT2D eigenvalue weighted by atomic mass is 10.2. The van der Waals surface area contributed by atoms with Crippen molar-refractivity contribution in [2.24, 2.45) is 0 Å². The van der Waals surface area contributed by atoms with Gasteiger partial charge in [-0.05, 0) is 0 Å². The van der Waals surface area contributed by atoms with Gasteiger partial charge in [0.25, 0.3) is 0 Å². The lowest BCUT2D eigenvalue weighted by Gasteiger charge is -2.17. The molecule has 2 saturated heterocycles. The summed E-state index contributed by atoms with van der Waals surface area (Å²) in [5, 5.41) is 9.20. The zero-order valence-corrected chi connectivity index (χ0v) is 10.5. The lowest BCUT2D eigenvalue weighted by molar-refractivity contribution is -0.0823. The summed E-state index contributed by atoms with van der Waals surface area (Å²) in [6.45, 7) is -0.0655. The number of rotatable bonds is 2. The second kappa shape index (κ2) is 3.73. The zero-order valence-electron chi connectivity index (χ0n) is 9.68. The second-order valence-electron chi connectivity index (χ2n) is 4.59. The Hall–Kier alpha value is -1.55. The summed E-state index contributed by atoms with van der Waals surface area (Å²) >= 11 is 5.12. The van der Waals surface area contributed by atoms with Gasteiger partial charge < -0.3 is 25.3 Å². The monoisotopic (exact) mass is 281 g/mol. The smallest absolute Gasteiger partial charge is 0.200 e. The summed E-state index contributed by atoms with van der Waals surface area (Å²) in [5.74, 6) is 0.226. The number of anilines is 1. The van der Waals surface area contributed by atoms with Crippen LogP contribution in [0.5, 0.6) is 0 Å². The van der Waals surface area contributed by atoms with Crippen LogP contribution in [0, 0.1) is 4.64 Å². The van der Waals surface area contributed by atoms with Crippen molar-refractivity contribution in [3.63, 3.8) is 0 Å². The van der Waals surface area contributed by atoms with Crippen LogP contribution in [0.2, 0.25) is 0 Å². The number of fused-ring (bicyclic) bond motifs is 2. The second-order valence-corrected chi connectivity index (χ2v) is 4.98. The average molecular weight is 281 g/mol. The number of aromatic nitrogens is 4. The number of epoxide rings is 1. The number of nitrogens with one attached hydrogen (secondary N) is 1. The standard InChI is InChI=1S/C10H11N5O3S/c11-10-13-7-4(8(19)14-10)12-2-15(7)9-6-5(18-6)3(1-16)17-9/h2-3,5-6,9,16H,1H2,(H3,11,13,14,19)/t3-,5-,6-,9+/m0/s1. The Bertz CT molecular complexity index is 713. The molecule has 2 fully saturated rings. The molecule has 0 aromatic carbocycles. The molecule has 0 aliphatic carbocycles. The Balaban J connectivity index is 1.82. The predicted octanol–water partition coefficient (Wildman–Crippen LogP) is -0.272. The molecule has 4 atom stereocenters. The molecule has 4 heterocycles. The Morgan fingerprint density at radius 2 is 2.32 bits per heavy atom. The lowest BCUT2D eigenvalue weighted by Crippen LogP contribution is -2.22. The van der Waals surface area contributed by atoms with Gasteiger partial charge in [-0.3, -0.25) is 4.57 Å². The van der Waals surface area contributed by atoms with Gasteiger partial charge in [-0.2, -0.15) is 0 Å². The first-order chi connectivity index (χ1) is 9.19. The van der Waals surface area contributed by atoms with Crippen molar-refractivity contribution in [3.8, 4) is 0 Å². The zero-order chi connectivity index (χ0) is 13.1. The minimum atomic E-state index is -0.334. The van der Waals surface area contributed by atoms with Crippen LogP contribution in [0.3, 0.4) is 0 Å². The predicted molar refractivity (Wildman–Crippen MR) is 66.8 cm³/mol. The molecule has 0 radical (unpaired) electrons. The van der Waals surface area contributed by atoms with Crippen molar-refractivity contribution in [2.45, 2.75) is 24.5 Å². The molecule has 2 aliphatic heterocycles. The van der Waals surface area contributed by atoms with Crippen LogP contribution in [0.15, 0.2) is 6.33 Å². The Morgan fingerprint density at radius 3 is 3.05 bits per heavy atom. The number of nitrogen functional groups attached to an aromatic ring is 1. The van der Waals surface area contributed by atoms with Crippen molar-refractivity contribution >= 4 is 29.3 Å². The number of aliphatic hydroxyl groups excluding tert-OH is 1. The molecule has 9 heteroatoms. The van der Waals surface area contributed by atoms with E-state index in [1.54, 1.807) is 10.9 Å². The van der Waals surface area contributed by atoms with Gasteiger partial charge in [0.15, 0.2) is 16.8 Å². The summed E-state index contributed by atoms with van der Waals surface area (Å²) in [4.78, 5) is 11.1. The molecule has 19 heavy (non-hydrogen) atoms. The molecular weight excluding hydrogens is 270 g/mol. The molecule has 0 bridgehead atoms. The molecule has 2 aromatic heterocycles. The van der Waals surface area contributed by atoms with Crippen molar-refractivity contribution in [2.75, 3.05) is 12.3 Å².